The summed E-state index contributed by atoms with van der Waals surface area (Å²) in [6.07, 6.45) is 5.64. The molecule has 0 spiro atoms. The summed E-state index contributed by atoms with van der Waals surface area (Å²) in [4.78, 5) is 0. The van der Waals surface area contributed by atoms with Crippen LogP contribution in [0.25, 0.3) is 0 Å². The van der Waals surface area contributed by atoms with Crippen LogP contribution in [-0.4, -0.2) is 12.2 Å². The van der Waals surface area contributed by atoms with E-state index < -0.39 is 5.60 Å². The smallest absolute Gasteiger partial charge is 0.125 e. The van der Waals surface area contributed by atoms with Crippen LogP contribution in [0.2, 0.25) is 0 Å². The van der Waals surface area contributed by atoms with Crippen LogP contribution in [0.15, 0.2) is 18.2 Å². The molecule has 2 fully saturated rings. The first-order chi connectivity index (χ1) is 10.3. The van der Waals surface area contributed by atoms with Crippen molar-refractivity contribution in [2.24, 2.45) is 16.7 Å². The van der Waals surface area contributed by atoms with Crippen molar-refractivity contribution >= 4 is 0 Å². The molecule has 2 aliphatic rings. The lowest BCUT2D eigenvalue weighted by Gasteiger charge is -2.51. The van der Waals surface area contributed by atoms with Crippen LogP contribution in [0.3, 0.4) is 0 Å². The van der Waals surface area contributed by atoms with Gasteiger partial charge in [0.1, 0.15) is 11.4 Å². The Morgan fingerprint density at radius 3 is 2.55 bits per heavy atom. The number of ether oxygens (including phenoxy) is 1. The van der Waals surface area contributed by atoms with Crippen LogP contribution in [-0.2, 0) is 12.0 Å². The molecule has 1 aromatic carbocycles. The Labute approximate surface area is 134 Å². The SMILES string of the molecule is CCCc1ccc(OC)c([C@]2(O)C3(C)CCC(C3)C2(C)C)c1. The molecule has 1 aromatic rings. The van der Waals surface area contributed by atoms with Crippen molar-refractivity contribution in [1.82, 2.24) is 0 Å². The number of methoxy groups -OCH3 is 1. The van der Waals surface area contributed by atoms with Crippen LogP contribution < -0.4 is 4.74 Å². The Kier molecular flexibility index (Phi) is 3.60. The van der Waals surface area contributed by atoms with E-state index in [0.29, 0.717) is 5.92 Å². The van der Waals surface area contributed by atoms with Crippen molar-refractivity contribution in [3.05, 3.63) is 29.3 Å². The summed E-state index contributed by atoms with van der Waals surface area (Å²) in [7, 11) is 1.71. The molecule has 2 saturated carbocycles. The number of fused-ring (bicyclic) bond motifs is 2. The van der Waals surface area contributed by atoms with Gasteiger partial charge in [-0.2, -0.15) is 0 Å². The lowest BCUT2D eigenvalue weighted by molar-refractivity contribution is -0.151. The van der Waals surface area contributed by atoms with Crippen LogP contribution in [0.5, 0.6) is 5.75 Å². The maximum absolute atomic E-state index is 12.0. The van der Waals surface area contributed by atoms with E-state index in [9.17, 15) is 5.11 Å². The molecule has 3 rings (SSSR count). The van der Waals surface area contributed by atoms with Crippen LogP contribution in [0.1, 0.15) is 64.5 Å². The molecule has 0 amide bonds. The summed E-state index contributed by atoms with van der Waals surface area (Å²) in [5.41, 5.74) is 1.35. The number of aryl methyl sites for hydroxylation is 1. The summed E-state index contributed by atoms with van der Waals surface area (Å²) in [6, 6.07) is 6.39. The van der Waals surface area contributed by atoms with Crippen molar-refractivity contribution in [1.29, 1.82) is 0 Å². The molecule has 0 aliphatic heterocycles. The monoisotopic (exact) mass is 302 g/mol. The minimum Gasteiger partial charge on any atom is -0.496 e. The van der Waals surface area contributed by atoms with Crippen LogP contribution >= 0.6 is 0 Å². The van der Waals surface area contributed by atoms with Crippen molar-refractivity contribution in [3.63, 3.8) is 0 Å². The fourth-order valence-corrected chi connectivity index (χ4v) is 5.41. The largest absolute Gasteiger partial charge is 0.496 e. The van der Waals surface area contributed by atoms with Gasteiger partial charge in [0, 0.05) is 16.4 Å². The molecule has 0 aromatic heterocycles. The fraction of sp³-hybridized carbons (Fsp3) is 0.700. The van der Waals surface area contributed by atoms with Gasteiger partial charge in [0.2, 0.25) is 0 Å². The minimum absolute atomic E-state index is 0.0424. The van der Waals surface area contributed by atoms with Crippen molar-refractivity contribution in [3.8, 4) is 5.75 Å². The second kappa shape index (κ2) is 4.99. The van der Waals surface area contributed by atoms with E-state index in [1.54, 1.807) is 7.11 Å². The van der Waals surface area contributed by atoms with Gasteiger partial charge in [-0.25, -0.2) is 0 Å². The first kappa shape index (κ1) is 15.9. The van der Waals surface area contributed by atoms with Crippen molar-refractivity contribution in [2.45, 2.75) is 65.4 Å². The second-order valence-corrected chi connectivity index (χ2v) is 8.22. The van der Waals surface area contributed by atoms with Gasteiger partial charge in [-0.3, -0.25) is 0 Å². The van der Waals surface area contributed by atoms with Gasteiger partial charge in [-0.1, -0.05) is 40.2 Å². The molecule has 22 heavy (non-hydrogen) atoms. The summed E-state index contributed by atoms with van der Waals surface area (Å²) < 4.78 is 5.64. The second-order valence-electron chi connectivity index (χ2n) is 8.22. The standard InChI is InChI=1S/C20H30O2/c1-6-7-14-8-9-17(22-5)16(12-14)20(21)18(2,3)15-10-11-19(20,4)13-15/h8-9,12,15,21H,6-7,10-11,13H2,1-5H3/t15?,19?,20-/m1/s1. The molecule has 2 unspecified atom stereocenters. The molecule has 0 heterocycles. The third-order valence-electron chi connectivity index (χ3n) is 6.76. The molecule has 0 radical (unpaired) electrons. The van der Waals surface area contributed by atoms with Gasteiger partial charge < -0.3 is 9.84 Å². The maximum atomic E-state index is 12.0. The van der Waals surface area contributed by atoms with Gasteiger partial charge in [0.05, 0.1) is 7.11 Å². The highest BCUT2D eigenvalue weighted by atomic mass is 16.5. The predicted octanol–water partition coefficient (Wildman–Crippen LogP) is 4.68. The number of aliphatic hydroxyl groups is 1. The number of hydrogen-bond acceptors (Lipinski definition) is 2. The number of benzene rings is 1. The molecule has 122 valence electrons. The molecule has 3 atom stereocenters. The summed E-state index contributed by atoms with van der Waals surface area (Å²) >= 11 is 0. The van der Waals surface area contributed by atoms with Crippen LogP contribution in [0, 0.1) is 16.7 Å². The Morgan fingerprint density at radius 1 is 1.27 bits per heavy atom. The zero-order valence-corrected chi connectivity index (χ0v) is 14.7. The number of hydrogen-bond donors (Lipinski definition) is 1. The van der Waals surface area contributed by atoms with Gasteiger partial charge in [0.15, 0.2) is 0 Å². The first-order valence-electron chi connectivity index (χ1n) is 8.70. The molecule has 2 heteroatoms. The molecule has 2 aliphatic carbocycles. The van der Waals surface area contributed by atoms with Gasteiger partial charge in [-0.05, 0) is 49.3 Å². The molecule has 0 saturated heterocycles. The topological polar surface area (TPSA) is 29.5 Å². The van der Waals surface area contributed by atoms with Crippen molar-refractivity contribution < 1.29 is 9.84 Å². The van der Waals surface area contributed by atoms with E-state index in [1.807, 2.05) is 6.07 Å². The molecular weight excluding hydrogens is 272 g/mol. The normalized spacial score (nSPS) is 35.8. The average Bonchev–Trinajstić information content (AvgIpc) is 2.96. The van der Waals surface area contributed by atoms with E-state index >= 15 is 0 Å². The summed E-state index contributed by atoms with van der Waals surface area (Å²) in [6.45, 7) is 8.96. The summed E-state index contributed by atoms with van der Waals surface area (Å²) in [5, 5.41) is 12.0. The summed E-state index contributed by atoms with van der Waals surface area (Å²) in [5.74, 6) is 1.44. The first-order valence-corrected chi connectivity index (χ1v) is 8.70. The van der Waals surface area contributed by atoms with Gasteiger partial charge in [0.25, 0.3) is 0 Å². The number of rotatable bonds is 4. The lowest BCUT2D eigenvalue weighted by atomic mass is 9.57. The zero-order valence-electron chi connectivity index (χ0n) is 14.7. The Hall–Kier alpha value is -1.02. The average molecular weight is 302 g/mol. The highest BCUT2D eigenvalue weighted by Gasteiger charge is 2.69. The molecule has 2 bridgehead atoms. The lowest BCUT2D eigenvalue weighted by Crippen LogP contribution is -2.51. The van der Waals surface area contributed by atoms with Crippen LogP contribution in [0.4, 0.5) is 0 Å². The van der Waals surface area contributed by atoms with Crippen molar-refractivity contribution in [2.75, 3.05) is 7.11 Å². The molecule has 1 N–H and O–H groups in total. The van der Waals surface area contributed by atoms with Gasteiger partial charge >= 0.3 is 0 Å². The fourth-order valence-electron chi connectivity index (χ4n) is 5.41. The van der Waals surface area contributed by atoms with E-state index in [0.717, 1.165) is 37.0 Å². The predicted molar refractivity (Wildman–Crippen MR) is 90.1 cm³/mol. The van der Waals surface area contributed by atoms with E-state index in [1.165, 1.54) is 12.0 Å². The third kappa shape index (κ3) is 1.83. The minimum atomic E-state index is -0.808. The highest BCUT2D eigenvalue weighted by molar-refractivity contribution is 5.46. The molecule has 2 nitrogen and oxygen atoms in total. The Balaban J connectivity index is 2.18. The maximum Gasteiger partial charge on any atom is 0.125 e. The van der Waals surface area contributed by atoms with Gasteiger partial charge in [-0.15, -0.1) is 0 Å². The Morgan fingerprint density at radius 2 is 2.00 bits per heavy atom. The zero-order chi connectivity index (χ0) is 16.2. The molecular formula is C20H30O2. The quantitative estimate of drug-likeness (QED) is 0.875. The van der Waals surface area contributed by atoms with E-state index in [-0.39, 0.29) is 10.8 Å². The highest BCUT2D eigenvalue weighted by Crippen LogP contribution is 2.72. The van der Waals surface area contributed by atoms with E-state index in [2.05, 4.69) is 39.8 Å². The Bertz CT molecular complexity index is 570. The van der Waals surface area contributed by atoms with E-state index in [4.69, 9.17) is 4.74 Å². The third-order valence-corrected chi connectivity index (χ3v) is 6.76.